The first-order valence-corrected chi connectivity index (χ1v) is 5.13. The van der Waals surface area contributed by atoms with Crippen molar-refractivity contribution in [1.29, 1.82) is 0 Å². The van der Waals surface area contributed by atoms with Crippen LogP contribution in [0.25, 0.3) is 17.2 Å². The number of carbonyl (C=O) groups is 1. The van der Waals surface area contributed by atoms with Gasteiger partial charge in [0, 0.05) is 11.8 Å². The summed E-state index contributed by atoms with van der Waals surface area (Å²) < 4.78 is 0. The van der Waals surface area contributed by atoms with Crippen molar-refractivity contribution in [3.63, 3.8) is 0 Å². The first kappa shape index (κ1) is 11.1. The van der Waals surface area contributed by atoms with Crippen molar-refractivity contribution in [1.82, 2.24) is 4.98 Å². The fourth-order valence-electron chi connectivity index (χ4n) is 1.61. The summed E-state index contributed by atoms with van der Waals surface area (Å²) >= 11 is 0. The molecule has 0 amide bonds. The predicted octanol–water partition coefficient (Wildman–Crippen LogP) is 3.09. The van der Waals surface area contributed by atoms with Crippen LogP contribution in [0, 0.1) is 0 Å². The van der Waals surface area contributed by atoms with Crippen LogP contribution in [0.5, 0.6) is 0 Å². The number of benzene rings is 1. The van der Waals surface area contributed by atoms with Crippen LogP contribution in [0.3, 0.4) is 0 Å². The topological polar surface area (TPSA) is 50.2 Å². The third-order valence-corrected chi connectivity index (χ3v) is 2.47. The van der Waals surface area contributed by atoms with E-state index >= 15 is 0 Å². The minimum absolute atomic E-state index is 0.0684. The molecule has 1 aromatic heterocycles. The molecule has 1 aromatic carbocycles. The highest BCUT2D eigenvalue weighted by Crippen LogP contribution is 2.22. The first-order valence-electron chi connectivity index (χ1n) is 5.13. The molecule has 2 aromatic rings. The number of hydrogen-bond acceptors (Lipinski definition) is 2. The quantitative estimate of drug-likeness (QED) is 0.873. The molecule has 0 radical (unpaired) electrons. The lowest BCUT2D eigenvalue weighted by Gasteiger charge is -2.05. The van der Waals surface area contributed by atoms with Crippen molar-refractivity contribution in [3.8, 4) is 11.1 Å². The molecule has 0 atom stereocenters. The van der Waals surface area contributed by atoms with E-state index in [9.17, 15) is 4.79 Å². The van der Waals surface area contributed by atoms with Gasteiger partial charge in [-0.05, 0) is 17.2 Å². The van der Waals surface area contributed by atoms with Gasteiger partial charge >= 0.3 is 5.97 Å². The number of nitrogens with zero attached hydrogens (tertiary/aromatic N) is 1. The molecule has 0 unspecified atom stereocenters. The number of hydrogen-bond donors (Lipinski definition) is 1. The zero-order valence-electron chi connectivity index (χ0n) is 9.13. The van der Waals surface area contributed by atoms with E-state index in [0.29, 0.717) is 5.56 Å². The van der Waals surface area contributed by atoms with Crippen molar-refractivity contribution >= 4 is 12.0 Å². The van der Waals surface area contributed by atoms with Crippen LogP contribution < -0.4 is 0 Å². The summed E-state index contributed by atoms with van der Waals surface area (Å²) in [5, 5.41) is 9.05. The zero-order chi connectivity index (χ0) is 12.3. The molecule has 0 aliphatic rings. The number of rotatable bonds is 3. The summed E-state index contributed by atoms with van der Waals surface area (Å²) in [6.07, 6.45) is 3.22. The van der Waals surface area contributed by atoms with E-state index in [4.69, 9.17) is 5.11 Å². The lowest BCUT2D eigenvalue weighted by Crippen LogP contribution is -2.02. The first-order chi connectivity index (χ1) is 8.22. The highest BCUT2D eigenvalue weighted by molar-refractivity contribution is 5.93. The van der Waals surface area contributed by atoms with Gasteiger partial charge in [0.25, 0.3) is 0 Å². The van der Waals surface area contributed by atoms with Crippen LogP contribution in [0.15, 0.2) is 49.2 Å². The SMILES string of the molecule is C=Cc1ccc(-c2cccnc2C(=O)O)cc1. The molecule has 0 aliphatic heterocycles. The normalized spacial score (nSPS) is 9.88. The number of carboxylic acids is 1. The van der Waals surface area contributed by atoms with E-state index in [1.807, 2.05) is 24.3 Å². The highest BCUT2D eigenvalue weighted by atomic mass is 16.4. The minimum atomic E-state index is -1.02. The third kappa shape index (κ3) is 2.23. The summed E-state index contributed by atoms with van der Waals surface area (Å²) in [5.74, 6) is -1.02. The number of pyridine rings is 1. The second kappa shape index (κ2) is 4.61. The number of aromatic nitrogens is 1. The molecule has 0 fully saturated rings. The van der Waals surface area contributed by atoms with E-state index in [1.165, 1.54) is 6.20 Å². The molecule has 0 saturated heterocycles. The van der Waals surface area contributed by atoms with Crippen LogP contribution in [0.1, 0.15) is 16.1 Å². The monoisotopic (exact) mass is 225 g/mol. The van der Waals surface area contributed by atoms with Crippen LogP contribution >= 0.6 is 0 Å². The Balaban J connectivity index is 2.52. The number of aromatic carboxylic acids is 1. The Morgan fingerprint density at radius 1 is 1.24 bits per heavy atom. The van der Waals surface area contributed by atoms with Crippen molar-refractivity contribution in [2.75, 3.05) is 0 Å². The predicted molar refractivity (Wildman–Crippen MR) is 66.7 cm³/mol. The van der Waals surface area contributed by atoms with Crippen LogP contribution in [-0.2, 0) is 0 Å². The van der Waals surface area contributed by atoms with Crippen molar-refractivity contribution < 1.29 is 9.90 Å². The van der Waals surface area contributed by atoms with Gasteiger partial charge in [-0.2, -0.15) is 0 Å². The van der Waals surface area contributed by atoms with Crippen molar-refractivity contribution in [3.05, 3.63) is 60.4 Å². The molecule has 0 bridgehead atoms. The van der Waals surface area contributed by atoms with E-state index in [1.54, 1.807) is 18.2 Å². The molecule has 3 nitrogen and oxygen atoms in total. The minimum Gasteiger partial charge on any atom is -0.476 e. The van der Waals surface area contributed by atoms with Gasteiger partial charge in [-0.1, -0.05) is 43.0 Å². The third-order valence-electron chi connectivity index (χ3n) is 2.47. The van der Waals surface area contributed by atoms with E-state index in [-0.39, 0.29) is 5.69 Å². The largest absolute Gasteiger partial charge is 0.476 e. The molecule has 84 valence electrons. The Morgan fingerprint density at radius 2 is 1.94 bits per heavy atom. The summed E-state index contributed by atoms with van der Waals surface area (Å²) in [6, 6.07) is 11.0. The molecular formula is C14H11NO2. The lowest BCUT2D eigenvalue weighted by atomic mass is 10.0. The van der Waals surface area contributed by atoms with Gasteiger partial charge in [-0.15, -0.1) is 0 Å². The van der Waals surface area contributed by atoms with Crippen LogP contribution in [0.2, 0.25) is 0 Å². The highest BCUT2D eigenvalue weighted by Gasteiger charge is 2.11. The maximum absolute atomic E-state index is 11.0. The fraction of sp³-hybridized carbons (Fsp3) is 0. The standard InChI is InChI=1S/C14H11NO2/c1-2-10-5-7-11(8-6-10)12-4-3-9-15-13(12)14(16)17/h2-9H,1H2,(H,16,17). The Labute approximate surface area is 99.1 Å². The molecule has 0 spiro atoms. The molecule has 0 aliphatic carbocycles. The Kier molecular flexibility index (Phi) is 3.01. The zero-order valence-corrected chi connectivity index (χ0v) is 9.13. The molecule has 1 heterocycles. The average molecular weight is 225 g/mol. The van der Waals surface area contributed by atoms with Crippen LogP contribution in [-0.4, -0.2) is 16.1 Å². The molecule has 1 N–H and O–H groups in total. The van der Waals surface area contributed by atoms with Gasteiger partial charge in [-0.25, -0.2) is 9.78 Å². The van der Waals surface area contributed by atoms with Crippen molar-refractivity contribution in [2.24, 2.45) is 0 Å². The Bertz CT molecular complexity index is 559. The van der Waals surface area contributed by atoms with Gasteiger partial charge in [0.1, 0.15) is 0 Å². The smallest absolute Gasteiger partial charge is 0.355 e. The molecule has 0 saturated carbocycles. The molecule has 3 heteroatoms. The maximum atomic E-state index is 11.0. The fourth-order valence-corrected chi connectivity index (χ4v) is 1.61. The van der Waals surface area contributed by atoms with Gasteiger partial charge in [0.05, 0.1) is 0 Å². The molecular weight excluding hydrogens is 214 g/mol. The Hall–Kier alpha value is -2.42. The van der Waals surface area contributed by atoms with Gasteiger partial charge in [0.15, 0.2) is 5.69 Å². The van der Waals surface area contributed by atoms with Crippen molar-refractivity contribution in [2.45, 2.75) is 0 Å². The molecule has 2 rings (SSSR count). The summed E-state index contributed by atoms with van der Waals surface area (Å²) in [4.78, 5) is 14.9. The lowest BCUT2D eigenvalue weighted by molar-refractivity contribution is 0.0691. The van der Waals surface area contributed by atoms with Gasteiger partial charge < -0.3 is 5.11 Å². The van der Waals surface area contributed by atoms with Gasteiger partial charge in [-0.3, -0.25) is 0 Å². The second-order valence-electron chi connectivity index (χ2n) is 3.53. The van der Waals surface area contributed by atoms with E-state index < -0.39 is 5.97 Å². The van der Waals surface area contributed by atoms with Crippen LogP contribution in [0.4, 0.5) is 0 Å². The summed E-state index contributed by atoms with van der Waals surface area (Å²) in [7, 11) is 0. The molecule has 17 heavy (non-hydrogen) atoms. The van der Waals surface area contributed by atoms with E-state index in [2.05, 4.69) is 11.6 Å². The Morgan fingerprint density at radius 3 is 2.53 bits per heavy atom. The second-order valence-corrected chi connectivity index (χ2v) is 3.53. The maximum Gasteiger partial charge on any atom is 0.355 e. The van der Waals surface area contributed by atoms with Gasteiger partial charge in [0.2, 0.25) is 0 Å². The average Bonchev–Trinajstić information content (AvgIpc) is 2.39. The van der Waals surface area contributed by atoms with E-state index in [0.717, 1.165) is 11.1 Å². The number of carboxylic acid groups (broad SMARTS) is 1. The summed E-state index contributed by atoms with van der Waals surface area (Å²) in [5.41, 5.74) is 2.52. The summed E-state index contributed by atoms with van der Waals surface area (Å²) in [6.45, 7) is 3.67.